The molecule has 0 radical (unpaired) electrons. The van der Waals surface area contributed by atoms with E-state index in [1.165, 1.54) is 65.4 Å². The average molecular weight is 863 g/mol. The molecular formula is C46H62N4O12. The Bertz CT molecular complexity index is 2320. The fraction of sp³-hybridized carbons (Fsp3) is 0.587. The van der Waals surface area contributed by atoms with Gasteiger partial charge in [-0.25, -0.2) is 4.99 Å². The average Bonchev–Trinajstić information content (AvgIpc) is 3.73. The van der Waals surface area contributed by atoms with Crippen molar-refractivity contribution >= 4 is 34.1 Å². The van der Waals surface area contributed by atoms with Gasteiger partial charge in [0, 0.05) is 93.6 Å². The van der Waals surface area contributed by atoms with Crippen molar-refractivity contribution in [2.75, 3.05) is 38.7 Å². The van der Waals surface area contributed by atoms with Gasteiger partial charge in [-0.15, -0.1) is 0 Å². The Morgan fingerprint density at radius 1 is 1.00 bits per heavy atom. The van der Waals surface area contributed by atoms with Gasteiger partial charge in [-0.1, -0.05) is 52.8 Å². The molecule has 4 heterocycles. The van der Waals surface area contributed by atoms with Crippen molar-refractivity contribution in [3.05, 3.63) is 58.0 Å². The molecule has 2 aromatic carbocycles. The molecule has 16 heteroatoms. The number of ether oxygens (including phenoxy) is 4. The number of rotatable bonds is 5. The number of phenols is 2. The van der Waals surface area contributed by atoms with Gasteiger partial charge in [-0.2, -0.15) is 0 Å². The predicted molar refractivity (Wildman–Crippen MR) is 229 cm³/mol. The standard InChI is InChI=1S/C46H62N4O12/c1-22(2)20-50-17-15-46(16-18-50)48-34-31-32-39(55)27(7)42-33(31)43(57)45(9,62-42)60-19-14-30(59-10)24(4)41(61-28(8)52)26(6)37(53)25(5)38(54)29(21-51)13-11-12-23(3)44(58)47-36(40(32)56)35(34)49-46/h11-14,19,22,24-26,29-30,37-38,41,48,51,53-56H,15-18,20-21H2,1-10H3/b13-11+,19-14+,23-12-,47-36?/t24-,25+,26-,29-,30+,37-,38-,41-,45+/m1/s1. The summed E-state index contributed by atoms with van der Waals surface area (Å²) in [6.07, 6.45) is 4.12. The number of esters is 1. The monoisotopic (exact) mass is 862 g/mol. The van der Waals surface area contributed by atoms with E-state index in [9.17, 15) is 39.9 Å². The van der Waals surface area contributed by atoms with Crippen LogP contribution in [0.2, 0.25) is 0 Å². The first kappa shape index (κ1) is 46.6. The lowest BCUT2D eigenvalue weighted by Crippen LogP contribution is -2.47. The van der Waals surface area contributed by atoms with Crippen LogP contribution < -0.4 is 20.8 Å². The van der Waals surface area contributed by atoms with Crippen LogP contribution in [0.25, 0.3) is 10.8 Å². The number of nitrogens with zero attached hydrogens (tertiary/aromatic N) is 3. The van der Waals surface area contributed by atoms with Crippen LogP contribution in [-0.2, 0) is 23.8 Å². The Hall–Kier alpha value is -4.87. The second-order valence-corrected chi connectivity index (χ2v) is 18.0. The van der Waals surface area contributed by atoms with Crippen molar-refractivity contribution in [3.63, 3.8) is 0 Å². The molecule has 6 rings (SSSR count). The second-order valence-electron chi connectivity index (χ2n) is 18.0. The molecule has 1 saturated heterocycles. The van der Waals surface area contributed by atoms with Crippen molar-refractivity contribution in [3.8, 4) is 17.2 Å². The Morgan fingerprint density at radius 2 is 1.68 bits per heavy atom. The molecule has 4 aliphatic heterocycles. The normalized spacial score (nSPS) is 32.3. The highest BCUT2D eigenvalue weighted by Gasteiger charge is 2.51. The van der Waals surface area contributed by atoms with E-state index >= 15 is 0 Å². The number of Topliss-reactive ketones (excluding diaryl/α,β-unsaturated/α-hetero) is 1. The number of methoxy groups -OCH3 is 1. The number of likely N-dealkylation sites (tertiary alicyclic amines) is 1. The van der Waals surface area contributed by atoms with E-state index in [0.29, 0.717) is 37.5 Å². The van der Waals surface area contributed by atoms with Gasteiger partial charge in [0.15, 0.2) is 5.75 Å². The lowest BCUT2D eigenvalue weighted by molar-refractivity contribution is -0.160. The minimum atomic E-state index is -1.97. The SMILES string of the molecule is CO[C@H]1/C=C/O[C@@]2(C)Oc3c(C)c(O)c4c(O)c(c5c(c4c3C2=O)NC2(CCN(CC(C)C)CC2)N=5)=NC(=O)/C(C)=C\C=C\[C@H](CO)[C@H](O)[C@@H](C)[C@@H](O)[C@@H](C)[C@H](OC(C)=O)[C@@H]1C. The highest BCUT2D eigenvalue weighted by Crippen LogP contribution is 2.51. The molecule has 62 heavy (non-hydrogen) atoms. The van der Waals surface area contributed by atoms with E-state index < -0.39 is 95.3 Å². The number of aliphatic hydroxyl groups excluding tert-OH is 3. The predicted octanol–water partition coefficient (Wildman–Crippen LogP) is 3.72. The largest absolute Gasteiger partial charge is 0.507 e. The van der Waals surface area contributed by atoms with Gasteiger partial charge in [-0.3, -0.25) is 19.4 Å². The van der Waals surface area contributed by atoms with Crippen molar-refractivity contribution in [1.82, 2.24) is 4.90 Å². The van der Waals surface area contributed by atoms with Crippen molar-refractivity contribution in [1.29, 1.82) is 0 Å². The van der Waals surface area contributed by atoms with Crippen molar-refractivity contribution < 1.29 is 58.9 Å². The number of phenolic OH excluding ortho intramolecular Hbond substituents is 2. The fourth-order valence-electron chi connectivity index (χ4n) is 9.29. The van der Waals surface area contributed by atoms with Crippen molar-refractivity contribution in [2.24, 2.45) is 39.6 Å². The van der Waals surface area contributed by atoms with Crippen LogP contribution in [0.15, 0.2) is 46.1 Å². The summed E-state index contributed by atoms with van der Waals surface area (Å²) < 4.78 is 23.9. The molecule has 4 aliphatic rings. The van der Waals surface area contributed by atoms with Crippen LogP contribution >= 0.6 is 0 Å². The number of amides is 1. The number of ketones is 1. The molecule has 0 aliphatic carbocycles. The summed E-state index contributed by atoms with van der Waals surface area (Å²) in [5.74, 6) is -7.46. The van der Waals surface area contributed by atoms with E-state index in [2.05, 4.69) is 29.1 Å². The van der Waals surface area contributed by atoms with Crippen LogP contribution in [0.3, 0.4) is 0 Å². The molecule has 4 bridgehead atoms. The molecule has 9 atom stereocenters. The minimum absolute atomic E-state index is 0.0347. The maximum absolute atomic E-state index is 14.7. The number of hydrogen-bond acceptors (Lipinski definition) is 15. The molecule has 1 amide bonds. The number of benzene rings is 2. The van der Waals surface area contributed by atoms with Crippen LogP contribution in [0, 0.1) is 36.5 Å². The summed E-state index contributed by atoms with van der Waals surface area (Å²) >= 11 is 0. The second kappa shape index (κ2) is 18.1. The summed E-state index contributed by atoms with van der Waals surface area (Å²) in [6, 6.07) is 0. The first-order valence-electron chi connectivity index (χ1n) is 21.4. The number of nitrogens with one attached hydrogen (secondary N) is 1. The maximum atomic E-state index is 14.7. The number of fused-ring (bicyclic) bond motifs is 1. The quantitative estimate of drug-likeness (QED) is 0.186. The third-order valence-electron chi connectivity index (χ3n) is 13.0. The highest BCUT2D eigenvalue weighted by atomic mass is 16.7. The number of anilines is 1. The molecule has 338 valence electrons. The molecule has 1 spiro atoms. The maximum Gasteiger partial charge on any atom is 0.312 e. The molecule has 16 nitrogen and oxygen atoms in total. The summed E-state index contributed by atoms with van der Waals surface area (Å²) in [5.41, 5.74) is -0.275. The van der Waals surface area contributed by atoms with Gasteiger partial charge < -0.3 is 54.7 Å². The first-order valence-corrected chi connectivity index (χ1v) is 21.4. The highest BCUT2D eigenvalue weighted by molar-refractivity contribution is 6.21. The summed E-state index contributed by atoms with van der Waals surface area (Å²) in [7, 11) is 1.44. The third-order valence-corrected chi connectivity index (χ3v) is 13.0. The number of carbonyl (C=O) groups is 3. The zero-order valence-corrected chi connectivity index (χ0v) is 37.3. The molecule has 0 aromatic heterocycles. The summed E-state index contributed by atoms with van der Waals surface area (Å²) in [6.45, 7) is 16.9. The minimum Gasteiger partial charge on any atom is -0.507 e. The topological polar surface area (TPSA) is 229 Å². The van der Waals surface area contributed by atoms with Crippen LogP contribution in [0.5, 0.6) is 17.2 Å². The van der Waals surface area contributed by atoms with E-state index in [-0.39, 0.29) is 43.9 Å². The Balaban J connectivity index is 1.56. The zero-order valence-electron chi connectivity index (χ0n) is 37.3. The molecular weight excluding hydrogens is 801 g/mol. The van der Waals surface area contributed by atoms with E-state index in [4.69, 9.17) is 23.9 Å². The smallest absolute Gasteiger partial charge is 0.312 e. The van der Waals surface area contributed by atoms with Crippen LogP contribution in [-0.4, -0.2) is 117 Å². The number of aromatic hydroxyl groups is 2. The van der Waals surface area contributed by atoms with Crippen LogP contribution in [0.4, 0.5) is 5.69 Å². The Kier molecular flexibility index (Phi) is 13.6. The van der Waals surface area contributed by atoms with Gasteiger partial charge in [-0.05, 0) is 25.8 Å². The Labute approximate surface area is 361 Å². The van der Waals surface area contributed by atoms with Gasteiger partial charge >= 0.3 is 11.8 Å². The van der Waals surface area contributed by atoms with E-state index in [0.717, 1.165) is 6.54 Å². The lowest BCUT2D eigenvalue weighted by atomic mass is 9.78. The van der Waals surface area contributed by atoms with Gasteiger partial charge in [0.05, 0.1) is 47.8 Å². The van der Waals surface area contributed by atoms with Crippen molar-refractivity contribution in [2.45, 2.75) is 111 Å². The number of carbonyl (C=O) groups excluding carboxylic acids is 3. The Morgan fingerprint density at radius 3 is 2.29 bits per heavy atom. The van der Waals surface area contributed by atoms with Crippen LogP contribution in [0.1, 0.15) is 84.2 Å². The van der Waals surface area contributed by atoms with Gasteiger partial charge in [0.1, 0.15) is 34.0 Å². The third kappa shape index (κ3) is 8.59. The zero-order chi connectivity index (χ0) is 45.6. The van der Waals surface area contributed by atoms with Gasteiger partial charge in [0.2, 0.25) is 0 Å². The number of allylic oxidation sites excluding steroid dienone is 2. The summed E-state index contributed by atoms with van der Waals surface area (Å²) in [5, 5.41) is 60.8. The molecule has 0 unspecified atom stereocenters. The number of piperidine rings is 1. The molecule has 6 N–H and O–H groups in total. The van der Waals surface area contributed by atoms with E-state index in [1.54, 1.807) is 20.8 Å². The number of hydrogen-bond donors (Lipinski definition) is 6. The molecule has 0 saturated carbocycles. The number of aliphatic hydroxyl groups is 3. The van der Waals surface area contributed by atoms with Gasteiger partial charge in [0.25, 0.3) is 11.7 Å². The lowest BCUT2D eigenvalue weighted by Gasteiger charge is -2.38. The van der Waals surface area contributed by atoms with E-state index in [1.807, 2.05) is 0 Å². The first-order chi connectivity index (χ1) is 29.2. The fourth-order valence-corrected chi connectivity index (χ4v) is 9.29. The molecule has 1 fully saturated rings. The summed E-state index contributed by atoms with van der Waals surface area (Å²) in [4.78, 5) is 52.9. The molecule has 2 aromatic rings.